The zero-order valence-electron chi connectivity index (χ0n) is 11.3. The molecule has 5 nitrogen and oxygen atoms in total. The minimum Gasteiger partial charge on any atom is -0.374 e. The fourth-order valence-corrected chi connectivity index (χ4v) is 3.99. The van der Waals surface area contributed by atoms with E-state index < -0.39 is 23.1 Å². The van der Waals surface area contributed by atoms with Gasteiger partial charge in [0.2, 0.25) is 10.0 Å². The van der Waals surface area contributed by atoms with Crippen LogP contribution in [0, 0.1) is 0 Å². The highest BCUT2D eigenvalue weighted by atomic mass is 32.2. The lowest BCUT2D eigenvalue weighted by Gasteiger charge is -2.05. The van der Waals surface area contributed by atoms with Crippen molar-refractivity contribution in [1.82, 2.24) is 10.0 Å². The van der Waals surface area contributed by atoms with E-state index in [9.17, 15) is 17.2 Å². The van der Waals surface area contributed by atoms with Crippen LogP contribution in [0.2, 0.25) is 0 Å². The summed E-state index contributed by atoms with van der Waals surface area (Å²) >= 11 is 1.20. The average Bonchev–Trinajstić information content (AvgIpc) is 3.11. The fraction of sp³-hybridized carbons (Fsp3) is 0.667. The summed E-state index contributed by atoms with van der Waals surface area (Å²) in [7, 11) is -3.59. The molecule has 0 aromatic carbocycles. The molecule has 120 valence electrons. The summed E-state index contributed by atoms with van der Waals surface area (Å²) in [5.41, 5.74) is 0. The van der Waals surface area contributed by atoms with Crippen LogP contribution in [-0.2, 0) is 21.3 Å². The maximum atomic E-state index is 12.0. The first-order chi connectivity index (χ1) is 9.97. The van der Waals surface area contributed by atoms with E-state index >= 15 is 0 Å². The molecule has 0 amide bonds. The lowest BCUT2D eigenvalue weighted by atomic mass is 10.4. The van der Waals surface area contributed by atoms with Gasteiger partial charge in [0, 0.05) is 24.0 Å². The van der Waals surface area contributed by atoms with E-state index in [4.69, 9.17) is 0 Å². The fourth-order valence-electron chi connectivity index (χ4n) is 1.62. The number of ether oxygens (including phenoxy) is 1. The molecule has 1 fully saturated rings. The Labute approximate surface area is 126 Å². The standard InChI is InChI=1S/C12H18F2N2O3S2/c13-11(14)8-19-6-5-16-21(17,18)12-4-3-10(20-12)7-15-9-1-2-9/h3-4,9,11,15-16H,1-2,5-8H2. The third kappa shape index (κ3) is 5.95. The molecule has 0 spiro atoms. The maximum Gasteiger partial charge on any atom is 0.261 e. The minimum absolute atomic E-state index is 0.0252. The van der Waals surface area contributed by atoms with Gasteiger partial charge in [0.1, 0.15) is 10.8 Å². The van der Waals surface area contributed by atoms with E-state index in [1.54, 1.807) is 12.1 Å². The second-order valence-electron chi connectivity index (χ2n) is 4.74. The van der Waals surface area contributed by atoms with Crippen molar-refractivity contribution in [3.8, 4) is 0 Å². The van der Waals surface area contributed by atoms with Crippen molar-refractivity contribution in [3.63, 3.8) is 0 Å². The van der Waals surface area contributed by atoms with Gasteiger partial charge in [-0.05, 0) is 25.0 Å². The molecule has 0 aliphatic heterocycles. The van der Waals surface area contributed by atoms with Crippen LogP contribution in [0.3, 0.4) is 0 Å². The topological polar surface area (TPSA) is 67.4 Å². The van der Waals surface area contributed by atoms with Crippen molar-refractivity contribution in [1.29, 1.82) is 0 Å². The predicted octanol–water partition coefficient (Wildman–Crippen LogP) is 1.56. The second kappa shape index (κ2) is 7.59. The molecule has 1 saturated carbocycles. The van der Waals surface area contributed by atoms with Crippen LogP contribution in [0.5, 0.6) is 0 Å². The van der Waals surface area contributed by atoms with Gasteiger partial charge in [-0.25, -0.2) is 21.9 Å². The summed E-state index contributed by atoms with van der Waals surface area (Å²) in [5.74, 6) is 0. The molecule has 1 aromatic heterocycles. The molecule has 2 rings (SSSR count). The molecule has 0 radical (unpaired) electrons. The van der Waals surface area contributed by atoms with E-state index in [0.717, 1.165) is 4.88 Å². The monoisotopic (exact) mass is 340 g/mol. The molecule has 21 heavy (non-hydrogen) atoms. The summed E-state index contributed by atoms with van der Waals surface area (Å²) in [6.07, 6.45) is -0.187. The quantitative estimate of drug-likeness (QED) is 0.635. The Hall–Kier alpha value is -0.610. The number of alkyl halides is 2. The van der Waals surface area contributed by atoms with Crippen molar-refractivity contribution in [2.75, 3.05) is 19.8 Å². The Balaban J connectivity index is 1.75. The lowest BCUT2D eigenvalue weighted by molar-refractivity contribution is 0.0199. The highest BCUT2D eigenvalue weighted by Gasteiger charge is 2.21. The van der Waals surface area contributed by atoms with Crippen molar-refractivity contribution in [2.24, 2.45) is 0 Å². The first-order valence-electron chi connectivity index (χ1n) is 6.65. The lowest BCUT2D eigenvalue weighted by Crippen LogP contribution is -2.27. The first-order valence-corrected chi connectivity index (χ1v) is 8.95. The second-order valence-corrected chi connectivity index (χ2v) is 7.90. The normalized spacial score (nSPS) is 15.8. The minimum atomic E-state index is -3.59. The Morgan fingerprint density at radius 2 is 2.14 bits per heavy atom. The van der Waals surface area contributed by atoms with Crippen LogP contribution >= 0.6 is 11.3 Å². The van der Waals surface area contributed by atoms with E-state index in [1.807, 2.05) is 0 Å². The molecule has 1 aliphatic rings. The van der Waals surface area contributed by atoms with E-state index in [-0.39, 0.29) is 17.4 Å². The van der Waals surface area contributed by atoms with Crippen LogP contribution in [0.4, 0.5) is 8.78 Å². The maximum absolute atomic E-state index is 12.0. The molecule has 1 aliphatic carbocycles. The predicted molar refractivity (Wildman–Crippen MR) is 76.2 cm³/mol. The Bertz CT molecular complexity index is 544. The van der Waals surface area contributed by atoms with Crippen molar-refractivity contribution < 1.29 is 21.9 Å². The molecule has 1 heterocycles. The summed E-state index contributed by atoms with van der Waals surface area (Å²) in [5, 5.41) is 3.31. The number of hydrogen-bond acceptors (Lipinski definition) is 5. The number of sulfonamides is 1. The number of rotatable bonds is 10. The Morgan fingerprint density at radius 3 is 2.81 bits per heavy atom. The molecule has 1 aromatic rings. The summed E-state index contributed by atoms with van der Waals surface area (Å²) in [4.78, 5) is 0.955. The van der Waals surface area contributed by atoms with Crippen LogP contribution in [0.25, 0.3) is 0 Å². The molecule has 0 unspecified atom stereocenters. The number of hydrogen-bond donors (Lipinski definition) is 2. The molecule has 9 heteroatoms. The molecule has 0 saturated heterocycles. The van der Waals surface area contributed by atoms with Crippen LogP contribution in [-0.4, -0.2) is 40.6 Å². The zero-order valence-corrected chi connectivity index (χ0v) is 13.0. The van der Waals surface area contributed by atoms with E-state index in [0.29, 0.717) is 12.6 Å². The Kier molecular flexibility index (Phi) is 6.06. The van der Waals surface area contributed by atoms with Gasteiger partial charge in [-0.15, -0.1) is 11.3 Å². The summed E-state index contributed by atoms with van der Waals surface area (Å²) < 4.78 is 54.8. The average molecular weight is 340 g/mol. The van der Waals surface area contributed by atoms with Crippen LogP contribution in [0.1, 0.15) is 17.7 Å². The third-order valence-electron chi connectivity index (χ3n) is 2.83. The van der Waals surface area contributed by atoms with Crippen LogP contribution < -0.4 is 10.0 Å². The molecular weight excluding hydrogens is 322 g/mol. The molecule has 0 bridgehead atoms. The van der Waals surface area contributed by atoms with Gasteiger partial charge in [-0.2, -0.15) is 0 Å². The SMILES string of the molecule is O=S(=O)(NCCOCC(F)F)c1ccc(CNC2CC2)s1. The van der Waals surface area contributed by atoms with Crippen molar-refractivity contribution in [3.05, 3.63) is 17.0 Å². The van der Waals surface area contributed by atoms with Gasteiger partial charge >= 0.3 is 0 Å². The first kappa shape index (κ1) is 16.8. The zero-order chi connectivity index (χ0) is 15.3. The summed E-state index contributed by atoms with van der Waals surface area (Å²) in [6.45, 7) is -0.117. The van der Waals surface area contributed by atoms with Gasteiger partial charge in [0.25, 0.3) is 6.43 Å². The molecular formula is C12H18F2N2O3S2. The third-order valence-corrected chi connectivity index (χ3v) is 5.86. The largest absolute Gasteiger partial charge is 0.374 e. The van der Waals surface area contributed by atoms with Crippen molar-refractivity contribution >= 4 is 21.4 Å². The highest BCUT2D eigenvalue weighted by molar-refractivity contribution is 7.91. The van der Waals surface area contributed by atoms with Crippen LogP contribution in [0.15, 0.2) is 16.3 Å². The van der Waals surface area contributed by atoms with Gasteiger partial charge in [-0.1, -0.05) is 0 Å². The van der Waals surface area contributed by atoms with Gasteiger partial charge in [-0.3, -0.25) is 0 Å². The number of halogens is 2. The van der Waals surface area contributed by atoms with E-state index in [2.05, 4.69) is 14.8 Å². The molecule has 0 atom stereocenters. The number of thiophene rings is 1. The van der Waals surface area contributed by atoms with Gasteiger partial charge < -0.3 is 10.1 Å². The number of nitrogens with one attached hydrogen (secondary N) is 2. The van der Waals surface area contributed by atoms with Gasteiger partial charge in [0.05, 0.1) is 6.61 Å². The van der Waals surface area contributed by atoms with E-state index in [1.165, 1.54) is 24.2 Å². The Morgan fingerprint density at radius 1 is 1.38 bits per heavy atom. The summed E-state index contributed by atoms with van der Waals surface area (Å²) in [6, 6.07) is 3.90. The highest BCUT2D eigenvalue weighted by Crippen LogP contribution is 2.24. The van der Waals surface area contributed by atoms with Gasteiger partial charge in [0.15, 0.2) is 0 Å². The van der Waals surface area contributed by atoms with Crippen molar-refractivity contribution in [2.45, 2.75) is 36.1 Å². The smallest absolute Gasteiger partial charge is 0.261 e. The molecule has 2 N–H and O–H groups in total.